The number of anilines is 1. The Morgan fingerprint density at radius 1 is 0.854 bits per heavy atom. The molecule has 48 heavy (non-hydrogen) atoms. The number of halogens is 1. The molecule has 254 valence electrons. The van der Waals surface area contributed by atoms with Crippen LogP contribution in [0.15, 0.2) is 102 Å². The van der Waals surface area contributed by atoms with Crippen LogP contribution in [-0.2, 0) is 32.6 Å². The van der Waals surface area contributed by atoms with Crippen molar-refractivity contribution in [1.29, 1.82) is 0 Å². The van der Waals surface area contributed by atoms with Crippen LogP contribution < -0.4 is 19.1 Å². The van der Waals surface area contributed by atoms with Crippen LogP contribution in [0.2, 0.25) is 0 Å². The van der Waals surface area contributed by atoms with E-state index in [1.807, 2.05) is 44.2 Å². The Hall–Kier alpha value is -4.90. The van der Waals surface area contributed by atoms with Crippen LogP contribution in [-0.4, -0.2) is 58.5 Å². The smallest absolute Gasteiger partial charge is 0.264 e. The van der Waals surface area contributed by atoms with E-state index in [1.165, 1.54) is 55.5 Å². The zero-order valence-electron chi connectivity index (χ0n) is 27.7. The lowest BCUT2D eigenvalue weighted by Crippen LogP contribution is -2.53. The van der Waals surface area contributed by atoms with E-state index in [9.17, 15) is 22.4 Å². The largest absolute Gasteiger partial charge is 0.493 e. The van der Waals surface area contributed by atoms with Gasteiger partial charge in [-0.2, -0.15) is 0 Å². The molecular formula is C37H42FN3O6S. The van der Waals surface area contributed by atoms with Crippen LogP contribution in [0.1, 0.15) is 36.5 Å². The third-order valence-electron chi connectivity index (χ3n) is 7.91. The second kappa shape index (κ2) is 16.8. The number of hydrogen-bond donors (Lipinski definition) is 1. The molecule has 4 aromatic rings. The lowest BCUT2D eigenvalue weighted by atomic mass is 10.0. The minimum absolute atomic E-state index is 0.0149. The van der Waals surface area contributed by atoms with E-state index in [0.717, 1.165) is 28.3 Å². The molecular weight excluding hydrogens is 633 g/mol. The molecule has 0 aliphatic rings. The lowest BCUT2D eigenvalue weighted by molar-refractivity contribution is -0.140. The topological polar surface area (TPSA) is 105 Å². The van der Waals surface area contributed by atoms with E-state index in [0.29, 0.717) is 17.9 Å². The number of sulfonamides is 1. The Bertz CT molecular complexity index is 1770. The highest BCUT2D eigenvalue weighted by Crippen LogP contribution is 2.34. The number of nitrogens with one attached hydrogen (secondary N) is 1. The van der Waals surface area contributed by atoms with Crippen molar-refractivity contribution in [1.82, 2.24) is 10.2 Å². The van der Waals surface area contributed by atoms with Crippen molar-refractivity contribution in [3.63, 3.8) is 0 Å². The molecule has 0 aliphatic carbocycles. The average Bonchev–Trinajstić information content (AvgIpc) is 3.09. The predicted molar refractivity (Wildman–Crippen MR) is 184 cm³/mol. The average molecular weight is 676 g/mol. The summed E-state index contributed by atoms with van der Waals surface area (Å²) < 4.78 is 54.3. The molecule has 11 heteroatoms. The van der Waals surface area contributed by atoms with Crippen LogP contribution >= 0.6 is 0 Å². The van der Waals surface area contributed by atoms with Gasteiger partial charge in [0.25, 0.3) is 10.0 Å². The highest BCUT2D eigenvalue weighted by atomic mass is 32.2. The first-order chi connectivity index (χ1) is 23.1. The second-order valence-electron chi connectivity index (χ2n) is 11.4. The van der Waals surface area contributed by atoms with Gasteiger partial charge < -0.3 is 19.7 Å². The van der Waals surface area contributed by atoms with E-state index in [2.05, 4.69) is 5.32 Å². The van der Waals surface area contributed by atoms with E-state index in [4.69, 9.17) is 9.47 Å². The molecule has 0 heterocycles. The zero-order valence-corrected chi connectivity index (χ0v) is 28.5. The fourth-order valence-corrected chi connectivity index (χ4v) is 6.60. The van der Waals surface area contributed by atoms with E-state index in [-0.39, 0.29) is 35.2 Å². The number of unbranched alkanes of at least 4 members (excludes halogenated alkanes) is 1. The summed E-state index contributed by atoms with van der Waals surface area (Å²) in [6.45, 7) is 3.56. The summed E-state index contributed by atoms with van der Waals surface area (Å²) in [6.07, 6.45) is 1.78. The van der Waals surface area contributed by atoms with Crippen LogP contribution in [0.25, 0.3) is 0 Å². The Labute approximate surface area is 282 Å². The second-order valence-corrected chi connectivity index (χ2v) is 13.2. The van der Waals surface area contributed by atoms with Crippen molar-refractivity contribution >= 4 is 27.5 Å². The van der Waals surface area contributed by atoms with Gasteiger partial charge in [0.05, 0.1) is 24.8 Å². The number of methoxy groups -OCH3 is 2. The van der Waals surface area contributed by atoms with Gasteiger partial charge in [-0.1, -0.05) is 73.5 Å². The first kappa shape index (κ1) is 35.9. The Kier molecular flexibility index (Phi) is 12.6. The van der Waals surface area contributed by atoms with Gasteiger partial charge in [-0.3, -0.25) is 13.9 Å². The van der Waals surface area contributed by atoms with E-state index < -0.39 is 34.3 Å². The number of carbonyl (C=O) groups is 2. The lowest BCUT2D eigenvalue weighted by Gasteiger charge is -2.34. The minimum Gasteiger partial charge on any atom is -0.493 e. The molecule has 0 unspecified atom stereocenters. The van der Waals surface area contributed by atoms with Crippen LogP contribution in [0.5, 0.6) is 11.5 Å². The molecule has 0 bridgehead atoms. The molecule has 0 aliphatic heterocycles. The molecule has 0 spiro atoms. The SMILES string of the molecule is CCCCNC(=O)[C@H](Cc1ccccc1)N(Cc1ccc(F)cc1)C(=O)CN(c1ccc(OC)c(OC)c1)S(=O)(=O)c1ccc(C)cc1. The minimum atomic E-state index is -4.31. The zero-order chi connectivity index (χ0) is 34.7. The molecule has 9 nitrogen and oxygen atoms in total. The number of ether oxygens (including phenoxy) is 2. The maximum Gasteiger partial charge on any atom is 0.264 e. The molecule has 4 rings (SSSR count). The predicted octanol–water partition coefficient (Wildman–Crippen LogP) is 5.90. The van der Waals surface area contributed by atoms with Crippen molar-refractivity contribution in [2.24, 2.45) is 0 Å². The molecule has 0 saturated carbocycles. The Balaban J connectivity index is 1.82. The maximum atomic E-state index is 14.6. The summed E-state index contributed by atoms with van der Waals surface area (Å²) >= 11 is 0. The number of rotatable bonds is 16. The van der Waals surface area contributed by atoms with Gasteiger partial charge >= 0.3 is 0 Å². The van der Waals surface area contributed by atoms with Gasteiger partial charge in [0, 0.05) is 25.6 Å². The molecule has 0 radical (unpaired) electrons. The summed E-state index contributed by atoms with van der Waals surface area (Å²) in [5.74, 6) is -0.798. The summed E-state index contributed by atoms with van der Waals surface area (Å²) in [7, 11) is -1.41. The summed E-state index contributed by atoms with van der Waals surface area (Å²) in [6, 6.07) is 24.8. The number of benzene rings is 4. The number of aryl methyl sites for hydroxylation is 1. The highest BCUT2D eigenvalue weighted by molar-refractivity contribution is 7.92. The van der Waals surface area contributed by atoms with Crippen LogP contribution in [0.4, 0.5) is 10.1 Å². The van der Waals surface area contributed by atoms with Crippen molar-refractivity contribution in [2.75, 3.05) is 31.6 Å². The molecule has 4 aromatic carbocycles. The summed E-state index contributed by atoms with van der Waals surface area (Å²) in [5, 5.41) is 2.95. The molecule has 0 aromatic heterocycles. The van der Waals surface area contributed by atoms with Crippen LogP contribution in [0, 0.1) is 12.7 Å². The summed E-state index contributed by atoms with van der Waals surface area (Å²) in [4.78, 5) is 29.8. The van der Waals surface area contributed by atoms with Gasteiger partial charge in [-0.05, 0) is 60.9 Å². The van der Waals surface area contributed by atoms with Crippen molar-refractivity contribution in [2.45, 2.75) is 50.6 Å². The highest BCUT2D eigenvalue weighted by Gasteiger charge is 2.35. The fraction of sp³-hybridized carbons (Fsp3) is 0.297. The van der Waals surface area contributed by atoms with Crippen LogP contribution in [0.3, 0.4) is 0 Å². The van der Waals surface area contributed by atoms with E-state index in [1.54, 1.807) is 30.3 Å². The number of carbonyl (C=O) groups excluding carboxylic acids is 2. The fourth-order valence-electron chi connectivity index (χ4n) is 5.19. The first-order valence-corrected chi connectivity index (χ1v) is 17.2. The quantitative estimate of drug-likeness (QED) is 0.148. The van der Waals surface area contributed by atoms with Gasteiger partial charge in [0.2, 0.25) is 11.8 Å². The van der Waals surface area contributed by atoms with Crippen molar-refractivity contribution < 1.29 is 31.9 Å². The number of nitrogens with zero attached hydrogens (tertiary/aromatic N) is 2. The van der Waals surface area contributed by atoms with Gasteiger partial charge in [0.15, 0.2) is 11.5 Å². The Morgan fingerprint density at radius 3 is 2.15 bits per heavy atom. The molecule has 1 N–H and O–H groups in total. The summed E-state index contributed by atoms with van der Waals surface area (Å²) in [5.41, 5.74) is 2.42. The third kappa shape index (κ3) is 9.13. The number of hydrogen-bond acceptors (Lipinski definition) is 6. The molecule has 1 atom stereocenters. The first-order valence-electron chi connectivity index (χ1n) is 15.7. The van der Waals surface area contributed by atoms with E-state index >= 15 is 0 Å². The number of amides is 2. The molecule has 0 fully saturated rings. The van der Waals surface area contributed by atoms with Gasteiger partial charge in [0.1, 0.15) is 18.4 Å². The molecule has 0 saturated heterocycles. The monoisotopic (exact) mass is 675 g/mol. The van der Waals surface area contributed by atoms with Crippen molar-refractivity contribution in [3.8, 4) is 11.5 Å². The maximum absolute atomic E-state index is 14.6. The van der Waals surface area contributed by atoms with Gasteiger partial charge in [-0.15, -0.1) is 0 Å². The normalized spacial score (nSPS) is 11.8. The third-order valence-corrected chi connectivity index (χ3v) is 9.70. The molecule has 2 amide bonds. The van der Waals surface area contributed by atoms with Gasteiger partial charge in [-0.25, -0.2) is 12.8 Å². The standard InChI is InChI=1S/C37H42FN3O6S/c1-5-6-22-39-37(43)33(23-28-10-8-7-9-11-28)40(25-29-14-16-30(38)17-15-29)36(42)26-41(31-18-21-34(46-3)35(24-31)47-4)48(44,45)32-19-12-27(2)13-20-32/h7-21,24,33H,5-6,22-23,25-26H2,1-4H3,(H,39,43)/t33-/m0/s1. The van der Waals surface area contributed by atoms with Crippen molar-refractivity contribution in [3.05, 3.63) is 120 Å². The Morgan fingerprint density at radius 2 is 1.52 bits per heavy atom.